The largest absolute Gasteiger partial charge is 0.317 e. The quantitative estimate of drug-likeness (QED) is 0.435. The summed E-state index contributed by atoms with van der Waals surface area (Å²) in [5.41, 5.74) is 7.96. The summed E-state index contributed by atoms with van der Waals surface area (Å²) in [5.74, 6) is 0.278. The van der Waals surface area contributed by atoms with Crippen LogP contribution in [0.2, 0.25) is 0 Å². The Kier molecular flexibility index (Phi) is 3.11. The zero-order chi connectivity index (χ0) is 15.9. The molecule has 3 rings (SSSR count). The fraction of sp³-hybridized carbons (Fsp3) is 0.125. The van der Waals surface area contributed by atoms with Crippen LogP contribution in [0.5, 0.6) is 0 Å². The highest BCUT2D eigenvalue weighted by Crippen LogP contribution is 2.14. The van der Waals surface area contributed by atoms with Crippen LogP contribution < -0.4 is 15.9 Å². The predicted molar refractivity (Wildman–Crippen MR) is 83.2 cm³/mol. The Morgan fingerprint density at radius 3 is 3.05 bits per heavy atom. The van der Waals surface area contributed by atoms with Gasteiger partial charge in [-0.2, -0.15) is 5.26 Å². The van der Waals surface area contributed by atoms with Gasteiger partial charge in [-0.3, -0.25) is 9.20 Å². The third-order valence-corrected chi connectivity index (χ3v) is 3.61. The second-order valence-electron chi connectivity index (χ2n) is 4.99. The van der Waals surface area contributed by atoms with E-state index in [4.69, 9.17) is 5.73 Å². The molecule has 22 heavy (non-hydrogen) atoms. The lowest BCUT2D eigenvalue weighted by atomic mass is 10.2. The molecule has 6 heteroatoms. The summed E-state index contributed by atoms with van der Waals surface area (Å²) in [6, 6.07) is 7.19. The number of allylic oxidation sites excluding steroid dienone is 1. The highest BCUT2D eigenvalue weighted by Gasteiger charge is 2.20. The number of rotatable bonds is 2. The Morgan fingerprint density at radius 2 is 2.36 bits per heavy atom. The van der Waals surface area contributed by atoms with Gasteiger partial charge in [0.2, 0.25) is 11.5 Å². The van der Waals surface area contributed by atoms with Crippen molar-refractivity contribution in [2.45, 2.75) is 13.5 Å². The zero-order valence-corrected chi connectivity index (χ0v) is 12.1. The number of anilines is 1. The van der Waals surface area contributed by atoms with E-state index in [1.165, 1.54) is 10.5 Å². The molecule has 0 bridgehead atoms. The van der Waals surface area contributed by atoms with Crippen LogP contribution in [0.25, 0.3) is 16.7 Å². The van der Waals surface area contributed by atoms with Crippen molar-refractivity contribution in [3.05, 3.63) is 58.5 Å². The molecule has 0 fully saturated rings. The first-order chi connectivity index (χ1) is 10.6. The lowest BCUT2D eigenvalue weighted by Crippen LogP contribution is -2.40. The average molecular weight is 292 g/mol. The maximum atomic E-state index is 12.7. The van der Waals surface area contributed by atoms with Crippen LogP contribution in [0.1, 0.15) is 11.1 Å². The summed E-state index contributed by atoms with van der Waals surface area (Å²) in [7, 11) is 0. The monoisotopic (exact) mass is 292 g/mol. The molecule has 0 atom stereocenters. The fourth-order valence-corrected chi connectivity index (χ4v) is 2.51. The minimum Gasteiger partial charge on any atom is -0.317 e. The van der Waals surface area contributed by atoms with Crippen molar-refractivity contribution >= 4 is 22.5 Å². The van der Waals surface area contributed by atoms with Crippen LogP contribution in [0.4, 0.5) is 5.82 Å². The number of fused-ring (bicyclic) bond motifs is 2. The molecule has 2 N–H and O–H groups in total. The van der Waals surface area contributed by atoms with E-state index in [-0.39, 0.29) is 16.9 Å². The highest BCUT2D eigenvalue weighted by molar-refractivity contribution is 5.77. The lowest BCUT2D eigenvalue weighted by Gasteiger charge is -2.08. The van der Waals surface area contributed by atoms with Crippen LogP contribution in [-0.2, 0) is 6.54 Å². The molecule has 0 unspecified atom stereocenters. The number of nitriles is 1. The fourth-order valence-electron chi connectivity index (χ4n) is 2.51. The smallest absolute Gasteiger partial charge is 0.278 e. The normalized spacial score (nSPS) is 10.7. The SMILES string of the molecule is C=CC[n+]1c(N)c(C#N)cc2c(=O)n3cccc(C)c3nc21. The second kappa shape index (κ2) is 4.97. The molecule has 0 saturated heterocycles. The van der Waals surface area contributed by atoms with Gasteiger partial charge >= 0.3 is 0 Å². The van der Waals surface area contributed by atoms with Gasteiger partial charge in [0.05, 0.1) is 6.54 Å². The topological polar surface area (TPSA) is 88.1 Å². The average Bonchev–Trinajstić information content (AvgIpc) is 2.51. The molecule has 0 aliphatic heterocycles. The van der Waals surface area contributed by atoms with Crippen molar-refractivity contribution in [2.75, 3.05) is 5.73 Å². The molecular weight excluding hydrogens is 278 g/mol. The number of hydrogen-bond donors (Lipinski definition) is 1. The van der Waals surface area contributed by atoms with E-state index in [1.807, 2.05) is 19.1 Å². The third kappa shape index (κ3) is 1.84. The van der Waals surface area contributed by atoms with Crippen molar-refractivity contribution in [3.8, 4) is 6.07 Å². The van der Waals surface area contributed by atoms with Crippen LogP contribution in [0.3, 0.4) is 0 Å². The molecule has 0 saturated carbocycles. The van der Waals surface area contributed by atoms with Gasteiger partial charge in [-0.25, -0.2) is 4.57 Å². The van der Waals surface area contributed by atoms with Crippen molar-refractivity contribution in [1.82, 2.24) is 9.38 Å². The van der Waals surface area contributed by atoms with Crippen molar-refractivity contribution in [2.24, 2.45) is 0 Å². The standard InChI is InChI=1S/C16H13N5O/c1-3-6-20-13(18)11(9-17)8-12-15(20)19-14-10(2)5-4-7-21(14)16(12)22/h3-5,7-8,18H,1,6H2,2H3/p+1. The summed E-state index contributed by atoms with van der Waals surface area (Å²) in [5, 5.41) is 9.58. The maximum absolute atomic E-state index is 12.7. The summed E-state index contributed by atoms with van der Waals surface area (Å²) >= 11 is 0. The van der Waals surface area contributed by atoms with E-state index in [0.717, 1.165) is 5.56 Å². The van der Waals surface area contributed by atoms with Gasteiger partial charge in [-0.05, 0) is 19.1 Å². The molecule has 6 nitrogen and oxygen atoms in total. The van der Waals surface area contributed by atoms with E-state index in [0.29, 0.717) is 23.2 Å². The molecule has 0 amide bonds. The Bertz CT molecular complexity index is 1030. The van der Waals surface area contributed by atoms with E-state index in [2.05, 4.69) is 11.6 Å². The molecule has 0 aliphatic carbocycles. The van der Waals surface area contributed by atoms with Gasteiger partial charge in [0.25, 0.3) is 11.2 Å². The van der Waals surface area contributed by atoms with Crippen molar-refractivity contribution in [1.29, 1.82) is 5.26 Å². The number of nitrogens with zero attached hydrogens (tertiary/aromatic N) is 4. The molecule has 0 radical (unpaired) electrons. The van der Waals surface area contributed by atoms with Gasteiger partial charge in [-0.15, -0.1) is 0 Å². The Balaban J connectivity index is 2.62. The van der Waals surface area contributed by atoms with Gasteiger partial charge in [0.15, 0.2) is 0 Å². The number of pyridine rings is 2. The first kappa shape index (κ1) is 13.8. The van der Waals surface area contributed by atoms with Crippen LogP contribution in [0.15, 0.2) is 41.8 Å². The Hall–Kier alpha value is -3.20. The van der Waals surface area contributed by atoms with E-state index < -0.39 is 0 Å². The van der Waals surface area contributed by atoms with E-state index in [9.17, 15) is 10.1 Å². The van der Waals surface area contributed by atoms with Gasteiger partial charge in [0.1, 0.15) is 17.0 Å². The molecular formula is C16H14N5O+. The Labute approximate surface area is 126 Å². The molecule has 0 spiro atoms. The molecule has 3 heterocycles. The van der Waals surface area contributed by atoms with E-state index >= 15 is 0 Å². The van der Waals surface area contributed by atoms with Crippen LogP contribution in [0, 0.1) is 18.3 Å². The van der Waals surface area contributed by atoms with Gasteiger partial charge in [0, 0.05) is 11.8 Å². The number of hydrogen-bond acceptors (Lipinski definition) is 4. The van der Waals surface area contributed by atoms with Gasteiger partial charge < -0.3 is 5.73 Å². The zero-order valence-electron chi connectivity index (χ0n) is 12.1. The Morgan fingerprint density at radius 1 is 1.59 bits per heavy atom. The summed E-state index contributed by atoms with van der Waals surface area (Å²) in [6.07, 6.45) is 3.32. The molecule has 3 aromatic rings. The van der Waals surface area contributed by atoms with Crippen molar-refractivity contribution in [3.63, 3.8) is 0 Å². The minimum absolute atomic E-state index is 0.224. The minimum atomic E-state index is -0.224. The number of nitrogen functional groups attached to an aromatic ring is 1. The maximum Gasteiger partial charge on any atom is 0.278 e. The first-order valence-corrected chi connectivity index (χ1v) is 6.73. The first-order valence-electron chi connectivity index (χ1n) is 6.73. The molecule has 0 aromatic carbocycles. The summed E-state index contributed by atoms with van der Waals surface area (Å²) < 4.78 is 3.11. The molecule has 0 aliphatic rings. The lowest BCUT2D eigenvalue weighted by molar-refractivity contribution is -0.648. The highest BCUT2D eigenvalue weighted by atomic mass is 16.1. The van der Waals surface area contributed by atoms with Crippen molar-refractivity contribution < 1.29 is 4.57 Å². The summed E-state index contributed by atoms with van der Waals surface area (Å²) in [4.78, 5) is 17.3. The van der Waals surface area contributed by atoms with Crippen LogP contribution in [-0.4, -0.2) is 9.38 Å². The predicted octanol–water partition coefficient (Wildman–Crippen LogP) is 1.08. The number of nitrogens with two attached hydrogens (primary N) is 1. The van der Waals surface area contributed by atoms with E-state index in [1.54, 1.807) is 22.9 Å². The van der Waals surface area contributed by atoms with Gasteiger partial charge in [-0.1, -0.05) is 23.7 Å². The third-order valence-electron chi connectivity index (χ3n) is 3.61. The molecule has 3 aromatic heterocycles. The molecule has 108 valence electrons. The van der Waals surface area contributed by atoms with Crippen LogP contribution >= 0.6 is 0 Å². The summed E-state index contributed by atoms with van der Waals surface area (Å²) in [6.45, 7) is 5.95. The number of aryl methyl sites for hydroxylation is 1. The second-order valence-corrected chi connectivity index (χ2v) is 4.99. The number of aromatic nitrogens is 3.